The monoisotopic (exact) mass is 294 g/mol. The predicted octanol–water partition coefficient (Wildman–Crippen LogP) is 1.57. The van der Waals surface area contributed by atoms with Gasteiger partial charge in [-0.1, -0.05) is 18.8 Å². The van der Waals surface area contributed by atoms with E-state index >= 15 is 0 Å². The number of carbonyl (C=O) groups excluding carboxylic acids is 1. The fourth-order valence-electron chi connectivity index (χ4n) is 1.83. The number of nitrogens with two attached hydrogens (primary N) is 1. The van der Waals surface area contributed by atoms with Gasteiger partial charge >= 0.3 is 0 Å². The van der Waals surface area contributed by atoms with Crippen molar-refractivity contribution in [2.45, 2.75) is 45.4 Å². The Balaban J connectivity index is 2.73. The zero-order valence-corrected chi connectivity index (χ0v) is 13.3. The number of primary amides is 1. The summed E-state index contributed by atoms with van der Waals surface area (Å²) < 4.78 is 0. The van der Waals surface area contributed by atoms with Gasteiger partial charge in [0.1, 0.15) is 5.60 Å². The molecule has 1 heterocycles. The minimum Gasteiger partial charge on any atom is -0.378 e. The summed E-state index contributed by atoms with van der Waals surface area (Å²) in [6.45, 7) is 5.92. The van der Waals surface area contributed by atoms with Crippen LogP contribution in [0.2, 0.25) is 0 Å². The molecule has 0 bridgehead atoms. The summed E-state index contributed by atoms with van der Waals surface area (Å²) in [7, 11) is 1.89. The maximum absolute atomic E-state index is 11.3. The quantitative estimate of drug-likeness (QED) is 0.810. The topological polar surface area (TPSA) is 66.6 Å². The molecule has 0 aliphatic rings. The highest BCUT2D eigenvalue weighted by Gasteiger charge is 2.18. The fourth-order valence-corrected chi connectivity index (χ4v) is 2.76. The first-order valence-electron chi connectivity index (χ1n) is 6.56. The van der Waals surface area contributed by atoms with Crippen molar-refractivity contribution in [2.75, 3.05) is 7.05 Å². The molecular formula is C15H22N2O2S. The van der Waals surface area contributed by atoms with Crippen molar-refractivity contribution in [3.63, 3.8) is 0 Å². The molecule has 0 aromatic carbocycles. The van der Waals surface area contributed by atoms with E-state index in [0.29, 0.717) is 13.0 Å². The molecule has 0 radical (unpaired) electrons. The lowest BCUT2D eigenvalue weighted by molar-refractivity contribution is -0.123. The summed E-state index contributed by atoms with van der Waals surface area (Å²) in [5, 5.41) is 9.57. The van der Waals surface area contributed by atoms with Gasteiger partial charge in [-0.25, -0.2) is 0 Å². The molecule has 1 atom stereocenters. The van der Waals surface area contributed by atoms with Crippen LogP contribution in [0, 0.1) is 11.8 Å². The molecule has 5 heteroatoms. The lowest BCUT2D eigenvalue weighted by Gasteiger charge is -2.23. The van der Waals surface area contributed by atoms with Gasteiger partial charge in [-0.3, -0.25) is 9.69 Å². The van der Waals surface area contributed by atoms with E-state index in [1.807, 2.05) is 31.0 Å². The zero-order chi connectivity index (χ0) is 15.3. The summed E-state index contributed by atoms with van der Waals surface area (Å²) in [6, 6.07) is 3.67. The Morgan fingerprint density at radius 3 is 2.70 bits per heavy atom. The number of carbonyl (C=O) groups is 1. The molecule has 1 amide bonds. The molecule has 0 aliphatic heterocycles. The number of rotatable bonds is 5. The molecule has 1 unspecified atom stereocenters. The van der Waals surface area contributed by atoms with Crippen LogP contribution in [0.4, 0.5) is 0 Å². The summed E-state index contributed by atoms with van der Waals surface area (Å²) in [4.78, 5) is 15.3. The summed E-state index contributed by atoms with van der Waals surface area (Å²) >= 11 is 1.56. The first-order valence-corrected chi connectivity index (χ1v) is 7.38. The molecule has 1 aromatic rings. The molecule has 20 heavy (non-hydrogen) atoms. The van der Waals surface area contributed by atoms with E-state index < -0.39 is 5.60 Å². The molecular weight excluding hydrogens is 272 g/mol. The second-order valence-corrected chi connectivity index (χ2v) is 6.48. The first kappa shape index (κ1) is 16.7. The second-order valence-electron chi connectivity index (χ2n) is 5.32. The van der Waals surface area contributed by atoms with Crippen LogP contribution in [0.3, 0.4) is 0 Å². The van der Waals surface area contributed by atoms with E-state index in [9.17, 15) is 9.90 Å². The van der Waals surface area contributed by atoms with Crippen molar-refractivity contribution < 1.29 is 9.90 Å². The summed E-state index contributed by atoms with van der Waals surface area (Å²) in [5.74, 6) is 5.44. The van der Waals surface area contributed by atoms with Crippen LogP contribution in [0.15, 0.2) is 12.1 Å². The van der Waals surface area contributed by atoms with E-state index in [4.69, 9.17) is 5.73 Å². The van der Waals surface area contributed by atoms with Crippen LogP contribution < -0.4 is 5.73 Å². The first-order chi connectivity index (χ1) is 9.23. The van der Waals surface area contributed by atoms with Gasteiger partial charge in [0.15, 0.2) is 0 Å². The lowest BCUT2D eigenvalue weighted by Crippen LogP contribution is -2.41. The average molecular weight is 294 g/mol. The lowest BCUT2D eigenvalue weighted by atomic mass is 10.1. The van der Waals surface area contributed by atoms with E-state index in [1.54, 1.807) is 25.2 Å². The van der Waals surface area contributed by atoms with Crippen molar-refractivity contribution in [2.24, 2.45) is 5.73 Å². The molecule has 0 saturated carbocycles. The number of amides is 1. The van der Waals surface area contributed by atoms with Crippen LogP contribution in [0.1, 0.15) is 36.9 Å². The van der Waals surface area contributed by atoms with Gasteiger partial charge in [0.2, 0.25) is 5.91 Å². The summed E-state index contributed by atoms with van der Waals surface area (Å²) in [6.07, 6.45) is 0.697. The smallest absolute Gasteiger partial charge is 0.234 e. The third-order valence-corrected chi connectivity index (χ3v) is 3.79. The predicted molar refractivity (Wildman–Crippen MR) is 82.2 cm³/mol. The van der Waals surface area contributed by atoms with Crippen LogP contribution in [0.5, 0.6) is 0 Å². The Morgan fingerprint density at radius 2 is 2.20 bits per heavy atom. The van der Waals surface area contributed by atoms with E-state index in [-0.39, 0.29) is 11.9 Å². The number of hydrogen-bond acceptors (Lipinski definition) is 4. The highest BCUT2D eigenvalue weighted by molar-refractivity contribution is 7.12. The average Bonchev–Trinajstić information content (AvgIpc) is 2.73. The van der Waals surface area contributed by atoms with Gasteiger partial charge < -0.3 is 10.8 Å². The van der Waals surface area contributed by atoms with Gasteiger partial charge in [0.05, 0.1) is 10.9 Å². The van der Waals surface area contributed by atoms with Crippen LogP contribution >= 0.6 is 11.3 Å². The van der Waals surface area contributed by atoms with Gasteiger partial charge in [0, 0.05) is 11.4 Å². The van der Waals surface area contributed by atoms with Crippen molar-refractivity contribution in [3.8, 4) is 11.8 Å². The minimum atomic E-state index is -0.986. The van der Waals surface area contributed by atoms with Gasteiger partial charge in [0.25, 0.3) is 0 Å². The fraction of sp³-hybridized carbons (Fsp3) is 0.533. The summed E-state index contributed by atoms with van der Waals surface area (Å²) in [5.41, 5.74) is 4.39. The standard InChI is InChI=1S/C15H22N2O2S/c1-5-13(14(16)18)17(4)10-12-7-6-11(20-12)8-9-15(2,3)19/h6-7,13,19H,5,10H2,1-4H3,(H2,16,18). The molecule has 0 fully saturated rings. The second kappa shape index (κ2) is 6.89. The van der Waals surface area contributed by atoms with Crippen molar-refractivity contribution in [1.82, 2.24) is 4.90 Å². The maximum Gasteiger partial charge on any atom is 0.234 e. The van der Waals surface area contributed by atoms with Crippen LogP contribution in [-0.4, -0.2) is 34.6 Å². The molecule has 1 rings (SSSR count). The number of thiophene rings is 1. The van der Waals surface area contributed by atoms with Gasteiger partial charge in [-0.2, -0.15) is 0 Å². The molecule has 110 valence electrons. The van der Waals surface area contributed by atoms with Gasteiger partial charge in [-0.15, -0.1) is 11.3 Å². The van der Waals surface area contributed by atoms with E-state index in [1.165, 1.54) is 0 Å². The number of aliphatic hydroxyl groups is 1. The third kappa shape index (κ3) is 5.33. The normalized spacial score (nSPS) is 12.9. The van der Waals surface area contributed by atoms with Crippen LogP contribution in [-0.2, 0) is 11.3 Å². The number of hydrogen-bond donors (Lipinski definition) is 2. The minimum absolute atomic E-state index is 0.247. The highest BCUT2D eigenvalue weighted by Crippen LogP contribution is 2.18. The van der Waals surface area contributed by atoms with E-state index in [0.717, 1.165) is 9.75 Å². The Morgan fingerprint density at radius 1 is 1.55 bits per heavy atom. The maximum atomic E-state index is 11.3. The third-order valence-electron chi connectivity index (χ3n) is 2.81. The molecule has 1 aromatic heterocycles. The van der Waals surface area contributed by atoms with Crippen LogP contribution in [0.25, 0.3) is 0 Å². The Labute approximate surface area is 124 Å². The largest absolute Gasteiger partial charge is 0.378 e. The van der Waals surface area contributed by atoms with E-state index in [2.05, 4.69) is 11.8 Å². The van der Waals surface area contributed by atoms with Crippen molar-refractivity contribution >= 4 is 17.2 Å². The highest BCUT2D eigenvalue weighted by atomic mass is 32.1. The number of likely N-dealkylation sites (N-methyl/N-ethyl adjacent to an activating group) is 1. The Kier molecular flexibility index (Phi) is 5.75. The van der Waals surface area contributed by atoms with Crippen molar-refractivity contribution in [1.29, 1.82) is 0 Å². The number of nitrogens with zero attached hydrogens (tertiary/aromatic N) is 1. The molecule has 0 aliphatic carbocycles. The van der Waals surface area contributed by atoms with Gasteiger partial charge in [-0.05, 0) is 39.4 Å². The molecule has 3 N–H and O–H groups in total. The molecule has 4 nitrogen and oxygen atoms in total. The SMILES string of the molecule is CCC(C(N)=O)N(C)Cc1ccc(C#CC(C)(C)O)s1. The zero-order valence-electron chi connectivity index (χ0n) is 12.4. The molecule has 0 saturated heterocycles. The van der Waals surface area contributed by atoms with Crippen molar-refractivity contribution in [3.05, 3.63) is 21.9 Å². The molecule has 0 spiro atoms. The Bertz CT molecular complexity index is 520. The Hall–Kier alpha value is -1.35.